The van der Waals surface area contributed by atoms with Crippen LogP contribution < -0.4 is 16.8 Å². The molecule has 0 bridgehead atoms. The highest BCUT2D eigenvalue weighted by Gasteiger charge is 2.15. The maximum absolute atomic E-state index is 11.3. The highest BCUT2D eigenvalue weighted by molar-refractivity contribution is 5.87. The van der Waals surface area contributed by atoms with E-state index in [-0.39, 0.29) is 6.42 Å². The molecular formula is C7H13N7O2. The second-order valence-electron chi connectivity index (χ2n) is 3.15. The highest BCUT2D eigenvalue weighted by Crippen LogP contribution is 1.88. The van der Waals surface area contributed by atoms with Gasteiger partial charge in [-0.05, 0) is 0 Å². The Balaban J connectivity index is 2.22. The van der Waals surface area contributed by atoms with Crippen LogP contribution in [0.25, 0.3) is 0 Å². The number of hydrogen-bond acceptors (Lipinski definition) is 6. The molecule has 6 N–H and O–H groups in total. The van der Waals surface area contributed by atoms with E-state index in [1.54, 1.807) is 0 Å². The van der Waals surface area contributed by atoms with Gasteiger partial charge in [0.2, 0.25) is 11.8 Å². The number of aromatic nitrogens is 4. The van der Waals surface area contributed by atoms with Gasteiger partial charge in [0.15, 0.2) is 5.82 Å². The molecule has 0 aliphatic carbocycles. The van der Waals surface area contributed by atoms with Crippen molar-refractivity contribution >= 4 is 11.8 Å². The summed E-state index contributed by atoms with van der Waals surface area (Å²) in [6.45, 7) is 0.324. The van der Waals surface area contributed by atoms with E-state index in [1.165, 1.54) is 0 Å². The van der Waals surface area contributed by atoms with E-state index in [2.05, 4.69) is 25.9 Å². The van der Waals surface area contributed by atoms with Crippen LogP contribution in [0, 0.1) is 0 Å². The fraction of sp³-hybridized carbons (Fsp3) is 0.571. The van der Waals surface area contributed by atoms with Gasteiger partial charge < -0.3 is 16.8 Å². The van der Waals surface area contributed by atoms with E-state index < -0.39 is 17.9 Å². The second-order valence-corrected chi connectivity index (χ2v) is 3.15. The minimum atomic E-state index is -0.914. The lowest BCUT2D eigenvalue weighted by molar-refractivity contribution is -0.126. The third-order valence-corrected chi connectivity index (χ3v) is 1.79. The van der Waals surface area contributed by atoms with Gasteiger partial charge in [0.05, 0.1) is 12.5 Å². The maximum atomic E-state index is 11.3. The molecule has 9 nitrogen and oxygen atoms in total. The van der Waals surface area contributed by atoms with Crippen molar-refractivity contribution in [2.24, 2.45) is 11.5 Å². The lowest BCUT2D eigenvalue weighted by Gasteiger charge is -2.09. The first kappa shape index (κ1) is 12.0. The van der Waals surface area contributed by atoms with E-state index in [0.29, 0.717) is 18.8 Å². The van der Waals surface area contributed by atoms with Crippen LogP contribution in [-0.2, 0) is 16.0 Å². The van der Waals surface area contributed by atoms with Gasteiger partial charge in [0, 0.05) is 13.0 Å². The minimum absolute atomic E-state index is 0.173. The van der Waals surface area contributed by atoms with Crippen LogP contribution in [0.5, 0.6) is 0 Å². The number of amides is 2. The van der Waals surface area contributed by atoms with E-state index in [1.807, 2.05) is 0 Å². The summed E-state index contributed by atoms with van der Waals surface area (Å²) in [6, 6.07) is -0.914. The molecule has 0 aliphatic heterocycles. The SMILES string of the molecule is NC(=O)C[C@@H](N)C(=O)NCCc1nn[nH]n1. The number of nitrogens with two attached hydrogens (primary N) is 2. The Morgan fingerprint density at radius 1 is 1.50 bits per heavy atom. The number of carbonyl (C=O) groups is 2. The normalized spacial score (nSPS) is 12.1. The summed E-state index contributed by atoms with van der Waals surface area (Å²) >= 11 is 0. The summed E-state index contributed by atoms with van der Waals surface area (Å²) in [5.74, 6) is -0.549. The molecule has 2 amide bonds. The van der Waals surface area contributed by atoms with Crippen molar-refractivity contribution in [3.63, 3.8) is 0 Å². The van der Waals surface area contributed by atoms with E-state index >= 15 is 0 Å². The summed E-state index contributed by atoms with van der Waals surface area (Å²) in [6.07, 6.45) is 0.263. The van der Waals surface area contributed by atoms with Crippen molar-refractivity contribution in [1.29, 1.82) is 0 Å². The molecule has 0 spiro atoms. The van der Waals surface area contributed by atoms with Crippen molar-refractivity contribution in [2.75, 3.05) is 6.54 Å². The number of rotatable bonds is 6. The molecule has 0 aromatic carbocycles. The molecule has 1 heterocycles. The standard InChI is InChI=1S/C7H13N7O2/c8-4(3-5(9)15)7(16)10-2-1-6-11-13-14-12-6/h4H,1-3,8H2,(H2,9,15)(H,10,16)(H,11,12,13,14)/t4-/m1/s1. The topological polar surface area (TPSA) is 153 Å². The summed E-state index contributed by atoms with van der Waals surface area (Å²) < 4.78 is 0. The summed E-state index contributed by atoms with van der Waals surface area (Å²) in [7, 11) is 0. The van der Waals surface area contributed by atoms with Gasteiger partial charge in [-0.15, -0.1) is 10.2 Å². The number of tetrazole rings is 1. The molecule has 9 heteroatoms. The Bertz CT molecular complexity index is 350. The molecule has 16 heavy (non-hydrogen) atoms. The third-order valence-electron chi connectivity index (χ3n) is 1.79. The van der Waals surface area contributed by atoms with E-state index in [0.717, 1.165) is 0 Å². The first-order valence-corrected chi connectivity index (χ1v) is 4.63. The molecule has 0 unspecified atom stereocenters. The number of primary amides is 1. The molecular weight excluding hydrogens is 214 g/mol. The average Bonchev–Trinajstić information content (AvgIpc) is 2.69. The summed E-state index contributed by atoms with van der Waals surface area (Å²) in [5, 5.41) is 15.6. The first-order chi connectivity index (χ1) is 7.59. The van der Waals surface area contributed by atoms with Crippen LogP contribution in [0.2, 0.25) is 0 Å². The number of hydrogen-bond donors (Lipinski definition) is 4. The second kappa shape index (κ2) is 5.75. The largest absolute Gasteiger partial charge is 0.370 e. The van der Waals surface area contributed by atoms with Crippen molar-refractivity contribution in [1.82, 2.24) is 25.9 Å². The Hall–Kier alpha value is -2.03. The molecule has 1 atom stereocenters. The van der Waals surface area contributed by atoms with Gasteiger partial charge in [-0.25, -0.2) is 0 Å². The molecule has 1 aromatic heterocycles. The van der Waals surface area contributed by atoms with Gasteiger partial charge in [0.1, 0.15) is 0 Å². The fourth-order valence-corrected chi connectivity index (χ4v) is 1.03. The minimum Gasteiger partial charge on any atom is -0.370 e. The zero-order valence-electron chi connectivity index (χ0n) is 8.51. The number of nitrogens with zero attached hydrogens (tertiary/aromatic N) is 3. The zero-order valence-corrected chi connectivity index (χ0v) is 8.51. The molecule has 1 rings (SSSR count). The van der Waals surface area contributed by atoms with Crippen LogP contribution in [0.15, 0.2) is 0 Å². The van der Waals surface area contributed by atoms with Crippen LogP contribution in [0.4, 0.5) is 0 Å². The number of carbonyl (C=O) groups excluding carboxylic acids is 2. The molecule has 0 radical (unpaired) electrons. The number of aromatic amines is 1. The fourth-order valence-electron chi connectivity index (χ4n) is 1.03. The molecule has 0 aliphatic rings. The molecule has 0 saturated carbocycles. The lowest BCUT2D eigenvalue weighted by atomic mass is 10.2. The van der Waals surface area contributed by atoms with Gasteiger partial charge >= 0.3 is 0 Å². The van der Waals surface area contributed by atoms with Crippen LogP contribution >= 0.6 is 0 Å². The molecule has 88 valence electrons. The Morgan fingerprint density at radius 3 is 2.81 bits per heavy atom. The van der Waals surface area contributed by atoms with E-state index in [9.17, 15) is 9.59 Å². The Kier molecular flexibility index (Phi) is 4.33. The van der Waals surface area contributed by atoms with Crippen molar-refractivity contribution < 1.29 is 9.59 Å². The van der Waals surface area contributed by atoms with Crippen molar-refractivity contribution in [3.05, 3.63) is 5.82 Å². The average molecular weight is 227 g/mol. The Morgan fingerprint density at radius 2 is 2.25 bits per heavy atom. The van der Waals surface area contributed by atoms with Gasteiger partial charge in [0.25, 0.3) is 0 Å². The van der Waals surface area contributed by atoms with Gasteiger partial charge in [-0.1, -0.05) is 5.21 Å². The first-order valence-electron chi connectivity index (χ1n) is 4.63. The predicted octanol–water partition coefficient (Wildman–Crippen LogP) is -2.94. The lowest BCUT2D eigenvalue weighted by Crippen LogP contribution is -2.43. The summed E-state index contributed by atoms with van der Waals surface area (Å²) in [4.78, 5) is 21.8. The van der Waals surface area contributed by atoms with Crippen molar-refractivity contribution in [3.8, 4) is 0 Å². The van der Waals surface area contributed by atoms with Crippen molar-refractivity contribution in [2.45, 2.75) is 18.9 Å². The van der Waals surface area contributed by atoms with E-state index in [4.69, 9.17) is 11.5 Å². The number of H-pyrrole nitrogens is 1. The van der Waals surface area contributed by atoms with Crippen LogP contribution in [0.3, 0.4) is 0 Å². The monoisotopic (exact) mass is 227 g/mol. The smallest absolute Gasteiger partial charge is 0.237 e. The Labute approximate surface area is 90.9 Å². The predicted molar refractivity (Wildman–Crippen MR) is 52.7 cm³/mol. The molecule has 0 saturated heterocycles. The quantitative estimate of drug-likeness (QED) is 0.408. The number of nitrogens with one attached hydrogen (secondary N) is 2. The van der Waals surface area contributed by atoms with Crippen LogP contribution in [-0.4, -0.2) is 45.0 Å². The maximum Gasteiger partial charge on any atom is 0.237 e. The zero-order chi connectivity index (χ0) is 12.0. The van der Waals surface area contributed by atoms with Gasteiger partial charge in [-0.2, -0.15) is 5.21 Å². The summed E-state index contributed by atoms with van der Waals surface area (Å²) in [5.41, 5.74) is 10.3. The molecule has 0 fully saturated rings. The molecule has 1 aromatic rings. The third kappa shape index (κ3) is 4.00. The van der Waals surface area contributed by atoms with Gasteiger partial charge in [-0.3, -0.25) is 9.59 Å². The van der Waals surface area contributed by atoms with Crippen LogP contribution in [0.1, 0.15) is 12.2 Å². The highest BCUT2D eigenvalue weighted by atomic mass is 16.2.